The van der Waals surface area contributed by atoms with Crippen molar-refractivity contribution in [1.82, 2.24) is 15.5 Å². The van der Waals surface area contributed by atoms with Crippen LogP contribution in [0.5, 0.6) is 5.75 Å². The van der Waals surface area contributed by atoms with Crippen LogP contribution in [0.25, 0.3) is 0 Å². The highest BCUT2D eigenvalue weighted by Crippen LogP contribution is 2.15. The van der Waals surface area contributed by atoms with E-state index in [-0.39, 0.29) is 18.1 Å². The summed E-state index contributed by atoms with van der Waals surface area (Å²) in [4.78, 5) is 34.2. The number of rotatable bonds is 7. The molecule has 2 aromatic rings. The van der Waals surface area contributed by atoms with Gasteiger partial charge in [-0.1, -0.05) is 12.1 Å². The summed E-state index contributed by atoms with van der Waals surface area (Å²) in [6.07, 6.45) is 0. The molecule has 0 radical (unpaired) electrons. The monoisotopic (exact) mass is 330 g/mol. The summed E-state index contributed by atoms with van der Waals surface area (Å²) in [6, 6.07) is 7.52. The predicted octanol–water partition coefficient (Wildman–Crippen LogP) is 0.795. The Balaban J connectivity index is 1.96. The number of aromatic amines is 1. The molecule has 0 spiro atoms. The summed E-state index contributed by atoms with van der Waals surface area (Å²) in [5, 5.41) is 8.97. The third-order valence-corrected chi connectivity index (χ3v) is 3.27. The van der Waals surface area contributed by atoms with Crippen molar-refractivity contribution < 1.29 is 19.1 Å². The van der Waals surface area contributed by atoms with Crippen molar-refractivity contribution in [3.05, 3.63) is 47.3 Å². The second-order valence-electron chi connectivity index (χ2n) is 5.25. The van der Waals surface area contributed by atoms with E-state index in [1.165, 1.54) is 19.9 Å². The van der Waals surface area contributed by atoms with Gasteiger partial charge in [-0.25, -0.2) is 0 Å². The smallest absolute Gasteiger partial charge is 0.272 e. The van der Waals surface area contributed by atoms with Gasteiger partial charge in [0.25, 0.3) is 5.91 Å². The van der Waals surface area contributed by atoms with Crippen LogP contribution in [-0.4, -0.2) is 33.8 Å². The molecule has 0 saturated heterocycles. The van der Waals surface area contributed by atoms with E-state index in [2.05, 4.69) is 15.5 Å². The first-order valence-electron chi connectivity index (χ1n) is 7.25. The number of benzene rings is 1. The minimum atomic E-state index is -0.789. The van der Waals surface area contributed by atoms with Gasteiger partial charge < -0.3 is 15.8 Å². The van der Waals surface area contributed by atoms with Gasteiger partial charge in [0.1, 0.15) is 24.1 Å². The molecule has 0 saturated carbocycles. The molecule has 0 unspecified atom stereocenters. The number of carbonyl (C=O) groups excluding carboxylic acids is 3. The lowest BCUT2D eigenvalue weighted by molar-refractivity contribution is -0.119. The van der Waals surface area contributed by atoms with Crippen LogP contribution >= 0.6 is 0 Å². The largest absolute Gasteiger partial charge is 0.487 e. The molecule has 1 atom stereocenters. The number of hydrogen-bond acceptors (Lipinski definition) is 5. The van der Waals surface area contributed by atoms with Gasteiger partial charge in [-0.3, -0.25) is 19.5 Å². The van der Waals surface area contributed by atoms with Crippen LogP contribution in [0.15, 0.2) is 30.3 Å². The Morgan fingerprint density at radius 3 is 2.75 bits per heavy atom. The number of primary amides is 1. The summed E-state index contributed by atoms with van der Waals surface area (Å²) in [5.41, 5.74) is 6.33. The number of carbonyl (C=O) groups is 3. The summed E-state index contributed by atoms with van der Waals surface area (Å²) < 4.78 is 5.57. The highest BCUT2D eigenvalue weighted by molar-refractivity contribution is 5.95. The zero-order chi connectivity index (χ0) is 17.7. The molecule has 1 heterocycles. The number of H-pyrrole nitrogens is 1. The number of nitrogens with zero attached hydrogens (tertiary/aromatic N) is 1. The highest BCUT2D eigenvalue weighted by atomic mass is 16.5. The first kappa shape index (κ1) is 17.2. The average molecular weight is 330 g/mol. The van der Waals surface area contributed by atoms with E-state index in [1.807, 2.05) is 0 Å². The van der Waals surface area contributed by atoms with Gasteiger partial charge in [-0.15, -0.1) is 0 Å². The SMILES string of the molecule is CC(=O)c1cccc(OCc2cc(C(=O)N[C@H](C)C(N)=O)n[nH]2)c1. The fourth-order valence-electron chi connectivity index (χ4n) is 1.86. The molecule has 0 bridgehead atoms. The quantitative estimate of drug-likeness (QED) is 0.647. The average Bonchev–Trinajstić information content (AvgIpc) is 3.02. The number of hydrogen-bond donors (Lipinski definition) is 3. The van der Waals surface area contributed by atoms with E-state index in [9.17, 15) is 14.4 Å². The van der Waals surface area contributed by atoms with Gasteiger partial charge in [0, 0.05) is 5.56 Å². The summed E-state index contributed by atoms with van der Waals surface area (Å²) in [6.45, 7) is 3.11. The molecule has 0 fully saturated rings. The number of ketones is 1. The number of ether oxygens (including phenoxy) is 1. The van der Waals surface area contributed by atoms with E-state index < -0.39 is 17.9 Å². The molecule has 126 valence electrons. The minimum Gasteiger partial charge on any atom is -0.487 e. The fraction of sp³-hybridized carbons (Fsp3) is 0.250. The Morgan fingerprint density at radius 1 is 1.33 bits per heavy atom. The van der Waals surface area contributed by atoms with Gasteiger partial charge in [0.2, 0.25) is 5.91 Å². The predicted molar refractivity (Wildman–Crippen MR) is 85.5 cm³/mol. The Labute approximate surface area is 138 Å². The molecule has 8 nitrogen and oxygen atoms in total. The second-order valence-corrected chi connectivity index (χ2v) is 5.25. The zero-order valence-corrected chi connectivity index (χ0v) is 13.3. The third kappa shape index (κ3) is 4.42. The number of Topliss-reactive ketones (excluding diaryl/α,β-unsaturated/α-hetero) is 1. The Morgan fingerprint density at radius 2 is 2.08 bits per heavy atom. The van der Waals surface area contributed by atoms with Crippen molar-refractivity contribution in [1.29, 1.82) is 0 Å². The lowest BCUT2D eigenvalue weighted by Gasteiger charge is -2.07. The molecule has 1 aromatic heterocycles. The van der Waals surface area contributed by atoms with Crippen LogP contribution in [0.2, 0.25) is 0 Å². The Bertz CT molecular complexity index is 769. The zero-order valence-electron chi connectivity index (χ0n) is 13.3. The van der Waals surface area contributed by atoms with E-state index in [1.54, 1.807) is 24.3 Å². The normalized spacial score (nSPS) is 11.6. The maximum absolute atomic E-state index is 11.9. The Hall–Kier alpha value is -3.16. The molecule has 4 N–H and O–H groups in total. The van der Waals surface area contributed by atoms with E-state index >= 15 is 0 Å². The summed E-state index contributed by atoms with van der Waals surface area (Å²) >= 11 is 0. The minimum absolute atomic E-state index is 0.0514. The van der Waals surface area contributed by atoms with Crippen molar-refractivity contribution >= 4 is 17.6 Å². The fourth-order valence-corrected chi connectivity index (χ4v) is 1.86. The number of aromatic nitrogens is 2. The van der Waals surface area contributed by atoms with Gasteiger partial charge in [-0.05, 0) is 32.0 Å². The molecule has 1 aromatic carbocycles. The highest BCUT2D eigenvalue weighted by Gasteiger charge is 2.16. The van der Waals surface area contributed by atoms with Crippen LogP contribution in [0.1, 0.15) is 40.4 Å². The summed E-state index contributed by atoms with van der Waals surface area (Å²) in [5.74, 6) is -0.662. The maximum Gasteiger partial charge on any atom is 0.272 e. The standard InChI is InChI=1S/C16H18N4O4/c1-9(15(17)22)18-16(23)14-7-12(19-20-14)8-24-13-5-3-4-11(6-13)10(2)21/h3-7,9H,8H2,1-2H3,(H2,17,22)(H,18,23)(H,19,20)/t9-/m1/s1. The summed E-state index contributed by atoms with van der Waals surface area (Å²) in [7, 11) is 0. The van der Waals surface area contributed by atoms with Crippen molar-refractivity contribution in [3.63, 3.8) is 0 Å². The van der Waals surface area contributed by atoms with E-state index in [0.717, 1.165) is 0 Å². The van der Waals surface area contributed by atoms with Gasteiger partial charge in [0.05, 0.1) is 5.69 Å². The molecule has 0 aliphatic heterocycles. The van der Waals surface area contributed by atoms with Crippen LogP contribution in [0.4, 0.5) is 0 Å². The Kier molecular flexibility index (Phi) is 5.31. The van der Waals surface area contributed by atoms with Gasteiger partial charge in [0.15, 0.2) is 5.78 Å². The topological polar surface area (TPSA) is 127 Å². The molecule has 2 rings (SSSR count). The first-order valence-corrected chi connectivity index (χ1v) is 7.25. The van der Waals surface area contributed by atoms with Crippen LogP contribution in [0, 0.1) is 0 Å². The van der Waals surface area contributed by atoms with Crippen molar-refractivity contribution in [2.45, 2.75) is 26.5 Å². The van der Waals surface area contributed by atoms with Crippen LogP contribution in [-0.2, 0) is 11.4 Å². The number of nitrogens with one attached hydrogen (secondary N) is 2. The van der Waals surface area contributed by atoms with Gasteiger partial charge in [-0.2, -0.15) is 5.10 Å². The van der Waals surface area contributed by atoms with Crippen LogP contribution < -0.4 is 15.8 Å². The molecule has 8 heteroatoms. The number of nitrogens with two attached hydrogens (primary N) is 1. The first-order chi connectivity index (χ1) is 11.4. The van der Waals surface area contributed by atoms with Crippen LogP contribution in [0.3, 0.4) is 0 Å². The molecule has 2 amide bonds. The van der Waals surface area contributed by atoms with E-state index in [4.69, 9.17) is 10.5 Å². The lowest BCUT2D eigenvalue weighted by atomic mass is 10.1. The second kappa shape index (κ2) is 7.40. The van der Waals surface area contributed by atoms with E-state index in [0.29, 0.717) is 17.0 Å². The molecule has 0 aliphatic carbocycles. The maximum atomic E-state index is 11.9. The molecular weight excluding hydrogens is 312 g/mol. The molecule has 24 heavy (non-hydrogen) atoms. The molecule has 0 aliphatic rings. The van der Waals surface area contributed by atoms with Crippen molar-refractivity contribution in [2.75, 3.05) is 0 Å². The number of amides is 2. The van der Waals surface area contributed by atoms with Gasteiger partial charge >= 0.3 is 0 Å². The third-order valence-electron chi connectivity index (χ3n) is 3.27. The molecular formula is C16H18N4O4. The lowest BCUT2D eigenvalue weighted by Crippen LogP contribution is -2.42. The van der Waals surface area contributed by atoms with Crippen molar-refractivity contribution in [3.8, 4) is 5.75 Å². The van der Waals surface area contributed by atoms with Crippen molar-refractivity contribution in [2.24, 2.45) is 5.73 Å².